The fourth-order valence-electron chi connectivity index (χ4n) is 1.03. The molecule has 0 aromatic carbocycles. The second-order valence-corrected chi connectivity index (χ2v) is 2.99. The van der Waals surface area contributed by atoms with Crippen LogP contribution in [0.3, 0.4) is 0 Å². The molecule has 0 bridgehead atoms. The van der Waals surface area contributed by atoms with E-state index in [4.69, 9.17) is 5.11 Å². The van der Waals surface area contributed by atoms with Crippen LogP contribution in [0.4, 0.5) is 0 Å². The average molecular weight is 194 g/mol. The molecule has 0 aliphatic carbocycles. The highest BCUT2D eigenvalue weighted by Crippen LogP contribution is 2.02. The molecule has 0 fully saturated rings. The maximum Gasteiger partial charge on any atom is 0.272 e. The fourth-order valence-corrected chi connectivity index (χ4v) is 1.03. The van der Waals surface area contributed by atoms with Crippen molar-refractivity contribution < 1.29 is 9.90 Å². The standard InChI is InChI=1S/C10H14N2O2/c1-3-12(2)10(14)9-6-4-5-8(7-13)11-9/h4-6,13H,3,7H2,1-2H3. The van der Waals surface area contributed by atoms with Gasteiger partial charge in [-0.25, -0.2) is 4.98 Å². The molecule has 0 unspecified atom stereocenters. The number of rotatable bonds is 3. The van der Waals surface area contributed by atoms with Crippen LogP contribution in [-0.4, -0.2) is 34.5 Å². The maximum atomic E-state index is 11.6. The predicted octanol–water partition coefficient (Wildman–Crippen LogP) is 0.666. The van der Waals surface area contributed by atoms with Crippen molar-refractivity contribution >= 4 is 5.91 Å². The van der Waals surface area contributed by atoms with E-state index in [0.29, 0.717) is 17.9 Å². The minimum atomic E-state index is -0.142. The summed E-state index contributed by atoms with van der Waals surface area (Å²) in [7, 11) is 1.72. The lowest BCUT2D eigenvalue weighted by Gasteiger charge is -2.13. The zero-order chi connectivity index (χ0) is 10.6. The van der Waals surface area contributed by atoms with Crippen molar-refractivity contribution in [2.45, 2.75) is 13.5 Å². The number of aliphatic hydroxyl groups excluding tert-OH is 1. The Hall–Kier alpha value is -1.42. The number of aliphatic hydroxyl groups is 1. The fraction of sp³-hybridized carbons (Fsp3) is 0.400. The summed E-state index contributed by atoms with van der Waals surface area (Å²) in [4.78, 5) is 17.2. The Morgan fingerprint density at radius 2 is 2.29 bits per heavy atom. The zero-order valence-corrected chi connectivity index (χ0v) is 8.40. The largest absolute Gasteiger partial charge is 0.390 e. The molecule has 1 heterocycles. The molecular formula is C10H14N2O2. The van der Waals surface area contributed by atoms with Gasteiger partial charge in [0.15, 0.2) is 0 Å². The number of aromatic nitrogens is 1. The third-order valence-electron chi connectivity index (χ3n) is 2.01. The molecule has 0 saturated carbocycles. The molecule has 1 rings (SSSR count). The molecule has 4 heteroatoms. The van der Waals surface area contributed by atoms with Gasteiger partial charge >= 0.3 is 0 Å². The number of pyridine rings is 1. The second-order valence-electron chi connectivity index (χ2n) is 2.99. The van der Waals surface area contributed by atoms with E-state index < -0.39 is 0 Å². The van der Waals surface area contributed by atoms with E-state index in [9.17, 15) is 4.79 Å². The molecule has 0 saturated heterocycles. The van der Waals surface area contributed by atoms with Gasteiger partial charge in [0.05, 0.1) is 12.3 Å². The molecule has 1 amide bonds. The highest BCUT2D eigenvalue weighted by molar-refractivity contribution is 5.92. The number of hydrogen-bond donors (Lipinski definition) is 1. The molecule has 1 N–H and O–H groups in total. The number of nitrogens with zero attached hydrogens (tertiary/aromatic N) is 2. The third-order valence-corrected chi connectivity index (χ3v) is 2.01. The Morgan fingerprint density at radius 3 is 2.86 bits per heavy atom. The molecule has 4 nitrogen and oxygen atoms in total. The minimum absolute atomic E-state index is 0.122. The molecule has 0 radical (unpaired) electrons. The van der Waals surface area contributed by atoms with Crippen LogP contribution in [0.2, 0.25) is 0 Å². The summed E-state index contributed by atoms with van der Waals surface area (Å²) in [5, 5.41) is 8.85. The van der Waals surface area contributed by atoms with Crippen LogP contribution in [0, 0.1) is 0 Å². The Labute approximate surface area is 83.2 Å². The zero-order valence-electron chi connectivity index (χ0n) is 8.40. The topological polar surface area (TPSA) is 53.4 Å². The molecule has 76 valence electrons. The smallest absolute Gasteiger partial charge is 0.272 e. The van der Waals surface area contributed by atoms with Crippen molar-refractivity contribution in [2.24, 2.45) is 0 Å². The lowest BCUT2D eigenvalue weighted by Crippen LogP contribution is -2.27. The van der Waals surface area contributed by atoms with Crippen molar-refractivity contribution in [2.75, 3.05) is 13.6 Å². The first kappa shape index (κ1) is 10.7. The number of carbonyl (C=O) groups is 1. The van der Waals surface area contributed by atoms with Crippen LogP contribution in [0.5, 0.6) is 0 Å². The molecule has 0 aliphatic rings. The molecular weight excluding hydrogens is 180 g/mol. The van der Waals surface area contributed by atoms with Crippen molar-refractivity contribution in [3.05, 3.63) is 29.6 Å². The van der Waals surface area contributed by atoms with Gasteiger partial charge in [0, 0.05) is 13.6 Å². The van der Waals surface area contributed by atoms with Crippen molar-refractivity contribution in [1.29, 1.82) is 0 Å². The molecule has 1 aromatic rings. The van der Waals surface area contributed by atoms with Crippen molar-refractivity contribution in [3.63, 3.8) is 0 Å². The maximum absolute atomic E-state index is 11.6. The summed E-state index contributed by atoms with van der Waals surface area (Å²) in [6.45, 7) is 2.40. The Bertz CT molecular complexity index is 326. The number of hydrogen-bond acceptors (Lipinski definition) is 3. The van der Waals surface area contributed by atoms with Crippen molar-refractivity contribution in [1.82, 2.24) is 9.88 Å². The van der Waals surface area contributed by atoms with Gasteiger partial charge < -0.3 is 10.0 Å². The van der Waals surface area contributed by atoms with Crippen molar-refractivity contribution in [3.8, 4) is 0 Å². The quantitative estimate of drug-likeness (QED) is 0.769. The van der Waals surface area contributed by atoms with Gasteiger partial charge in [-0.3, -0.25) is 4.79 Å². The molecule has 1 aromatic heterocycles. The molecule has 0 spiro atoms. The molecule has 14 heavy (non-hydrogen) atoms. The van der Waals surface area contributed by atoms with E-state index in [1.807, 2.05) is 6.92 Å². The third kappa shape index (κ3) is 2.29. The summed E-state index contributed by atoms with van der Waals surface area (Å²) in [5.74, 6) is -0.122. The Kier molecular flexibility index (Phi) is 3.59. The Morgan fingerprint density at radius 1 is 1.57 bits per heavy atom. The van der Waals surface area contributed by atoms with Crippen LogP contribution < -0.4 is 0 Å². The monoisotopic (exact) mass is 194 g/mol. The van der Waals surface area contributed by atoms with E-state index in [1.54, 1.807) is 30.1 Å². The van der Waals surface area contributed by atoms with Gasteiger partial charge in [0.1, 0.15) is 5.69 Å². The Balaban J connectivity index is 2.90. The van der Waals surface area contributed by atoms with Gasteiger partial charge in [-0.15, -0.1) is 0 Å². The first-order valence-electron chi connectivity index (χ1n) is 4.51. The summed E-state index contributed by atoms with van der Waals surface area (Å²) in [5.41, 5.74) is 0.890. The lowest BCUT2D eigenvalue weighted by atomic mass is 10.3. The predicted molar refractivity (Wildman–Crippen MR) is 52.8 cm³/mol. The highest BCUT2D eigenvalue weighted by Gasteiger charge is 2.11. The van der Waals surface area contributed by atoms with Gasteiger partial charge in [-0.2, -0.15) is 0 Å². The van der Waals surface area contributed by atoms with Gasteiger partial charge in [0.2, 0.25) is 0 Å². The first-order chi connectivity index (χ1) is 6.69. The van der Waals surface area contributed by atoms with Crippen LogP contribution >= 0.6 is 0 Å². The lowest BCUT2D eigenvalue weighted by molar-refractivity contribution is 0.0796. The number of carbonyl (C=O) groups excluding carboxylic acids is 1. The van der Waals surface area contributed by atoms with E-state index >= 15 is 0 Å². The SMILES string of the molecule is CCN(C)C(=O)c1cccc(CO)n1. The van der Waals surface area contributed by atoms with Crippen LogP contribution in [-0.2, 0) is 6.61 Å². The average Bonchev–Trinajstić information content (AvgIpc) is 2.27. The van der Waals surface area contributed by atoms with E-state index in [2.05, 4.69) is 4.98 Å². The number of amides is 1. The van der Waals surface area contributed by atoms with Crippen LogP contribution in [0.25, 0.3) is 0 Å². The minimum Gasteiger partial charge on any atom is -0.390 e. The van der Waals surface area contributed by atoms with Gasteiger partial charge in [0.25, 0.3) is 5.91 Å². The van der Waals surface area contributed by atoms with Crippen LogP contribution in [0.15, 0.2) is 18.2 Å². The van der Waals surface area contributed by atoms with Crippen LogP contribution in [0.1, 0.15) is 23.1 Å². The molecule has 0 atom stereocenters. The summed E-state index contributed by atoms with van der Waals surface area (Å²) in [6, 6.07) is 5.05. The summed E-state index contributed by atoms with van der Waals surface area (Å²) >= 11 is 0. The van der Waals surface area contributed by atoms with Gasteiger partial charge in [-0.05, 0) is 19.1 Å². The summed E-state index contributed by atoms with van der Waals surface area (Å²) < 4.78 is 0. The first-order valence-corrected chi connectivity index (χ1v) is 4.51. The van der Waals surface area contributed by atoms with E-state index in [-0.39, 0.29) is 12.5 Å². The molecule has 0 aliphatic heterocycles. The van der Waals surface area contributed by atoms with E-state index in [1.165, 1.54) is 0 Å². The second kappa shape index (κ2) is 4.72. The van der Waals surface area contributed by atoms with Gasteiger partial charge in [-0.1, -0.05) is 6.07 Å². The summed E-state index contributed by atoms with van der Waals surface area (Å²) in [6.07, 6.45) is 0. The highest BCUT2D eigenvalue weighted by atomic mass is 16.3. The normalized spacial score (nSPS) is 9.93. The van der Waals surface area contributed by atoms with E-state index in [0.717, 1.165) is 0 Å².